The van der Waals surface area contributed by atoms with Crippen LogP contribution in [0.15, 0.2) is 30.9 Å². The minimum atomic E-state index is 0.226. The zero-order valence-corrected chi connectivity index (χ0v) is 11.0. The fraction of sp³-hybridized carbons (Fsp3) is 0.273. The molecule has 0 aromatic carbocycles. The molecule has 2 aromatic rings. The molecule has 0 saturated heterocycles. The standard InChI is InChI=1S/C11H12N4S2/c1-2-9(17-16)11-14-6-8(7-15-11)10-12-4-3-5-13-10/h3-7,9,16H,2H2,1H3. The molecule has 0 aliphatic carbocycles. The summed E-state index contributed by atoms with van der Waals surface area (Å²) in [7, 11) is 1.46. The van der Waals surface area contributed by atoms with Crippen molar-refractivity contribution < 1.29 is 0 Å². The third-order valence-electron chi connectivity index (χ3n) is 2.28. The van der Waals surface area contributed by atoms with Gasteiger partial charge in [-0.2, -0.15) is 0 Å². The minimum absolute atomic E-state index is 0.226. The van der Waals surface area contributed by atoms with E-state index in [1.54, 1.807) is 30.9 Å². The Morgan fingerprint density at radius 3 is 2.35 bits per heavy atom. The first-order chi connectivity index (χ1) is 8.35. The Kier molecular flexibility index (Phi) is 4.33. The van der Waals surface area contributed by atoms with E-state index >= 15 is 0 Å². The molecule has 0 amide bonds. The van der Waals surface area contributed by atoms with E-state index in [1.165, 1.54) is 10.8 Å². The second-order valence-electron chi connectivity index (χ2n) is 3.40. The van der Waals surface area contributed by atoms with Gasteiger partial charge in [0.1, 0.15) is 5.82 Å². The summed E-state index contributed by atoms with van der Waals surface area (Å²) in [5.74, 6) is 1.44. The summed E-state index contributed by atoms with van der Waals surface area (Å²) in [6.07, 6.45) is 7.87. The van der Waals surface area contributed by atoms with Gasteiger partial charge in [-0.05, 0) is 12.5 Å². The number of nitrogens with zero attached hydrogens (tertiary/aromatic N) is 4. The molecule has 2 rings (SSSR count). The molecular formula is C11H12N4S2. The lowest BCUT2D eigenvalue weighted by Gasteiger charge is -2.09. The van der Waals surface area contributed by atoms with Crippen molar-refractivity contribution in [2.75, 3.05) is 0 Å². The molecule has 0 fully saturated rings. The molecule has 0 spiro atoms. The van der Waals surface area contributed by atoms with E-state index in [4.69, 9.17) is 0 Å². The Balaban J connectivity index is 2.24. The van der Waals surface area contributed by atoms with E-state index in [0.29, 0.717) is 5.82 Å². The van der Waals surface area contributed by atoms with E-state index in [9.17, 15) is 0 Å². The summed E-state index contributed by atoms with van der Waals surface area (Å²) >= 11 is 4.21. The van der Waals surface area contributed by atoms with E-state index < -0.39 is 0 Å². The lowest BCUT2D eigenvalue weighted by atomic mass is 10.3. The van der Waals surface area contributed by atoms with Gasteiger partial charge in [-0.1, -0.05) is 17.7 Å². The smallest absolute Gasteiger partial charge is 0.162 e. The topological polar surface area (TPSA) is 51.6 Å². The van der Waals surface area contributed by atoms with Crippen molar-refractivity contribution in [1.82, 2.24) is 19.9 Å². The number of hydrogen-bond donors (Lipinski definition) is 1. The van der Waals surface area contributed by atoms with Crippen molar-refractivity contribution in [2.24, 2.45) is 0 Å². The first kappa shape index (κ1) is 12.3. The van der Waals surface area contributed by atoms with Gasteiger partial charge in [-0.25, -0.2) is 19.9 Å². The molecule has 6 heteroatoms. The highest BCUT2D eigenvalue weighted by Gasteiger charge is 2.11. The van der Waals surface area contributed by atoms with Gasteiger partial charge in [0.05, 0.1) is 10.8 Å². The second-order valence-corrected chi connectivity index (χ2v) is 4.82. The van der Waals surface area contributed by atoms with Gasteiger partial charge >= 0.3 is 0 Å². The van der Waals surface area contributed by atoms with Crippen LogP contribution in [0.5, 0.6) is 0 Å². The normalized spacial score (nSPS) is 12.4. The van der Waals surface area contributed by atoms with Crippen LogP contribution in [0.25, 0.3) is 11.4 Å². The number of thiol groups is 1. The Morgan fingerprint density at radius 1 is 1.18 bits per heavy atom. The fourth-order valence-corrected chi connectivity index (χ4v) is 2.47. The maximum atomic E-state index is 4.34. The van der Waals surface area contributed by atoms with E-state index in [-0.39, 0.29) is 5.25 Å². The van der Waals surface area contributed by atoms with Crippen LogP contribution < -0.4 is 0 Å². The molecular weight excluding hydrogens is 252 g/mol. The van der Waals surface area contributed by atoms with Crippen molar-refractivity contribution in [3.63, 3.8) is 0 Å². The molecule has 0 aliphatic heterocycles. The molecule has 1 atom stereocenters. The Hall–Kier alpha value is -1.14. The average Bonchev–Trinajstić information content (AvgIpc) is 2.42. The predicted octanol–water partition coefficient (Wildman–Crippen LogP) is 2.96. The third kappa shape index (κ3) is 2.95. The quantitative estimate of drug-likeness (QED) is 0.679. The number of rotatable bonds is 4. The van der Waals surface area contributed by atoms with Crippen LogP contribution in [-0.4, -0.2) is 19.9 Å². The summed E-state index contributed by atoms with van der Waals surface area (Å²) in [6, 6.07) is 1.78. The molecule has 1 unspecified atom stereocenters. The zero-order chi connectivity index (χ0) is 12.1. The van der Waals surface area contributed by atoms with Gasteiger partial charge in [-0.3, -0.25) is 0 Å². The third-order valence-corrected chi connectivity index (χ3v) is 3.84. The molecule has 0 saturated carbocycles. The molecule has 2 aromatic heterocycles. The van der Waals surface area contributed by atoms with Crippen LogP contribution in [-0.2, 0) is 0 Å². The highest BCUT2D eigenvalue weighted by Crippen LogP contribution is 2.31. The Labute approximate surface area is 109 Å². The van der Waals surface area contributed by atoms with Gasteiger partial charge in [0.2, 0.25) is 0 Å². The highest BCUT2D eigenvalue weighted by molar-refractivity contribution is 8.68. The van der Waals surface area contributed by atoms with Crippen LogP contribution in [0.2, 0.25) is 0 Å². The monoisotopic (exact) mass is 264 g/mol. The maximum Gasteiger partial charge on any atom is 0.162 e. The van der Waals surface area contributed by atoms with E-state index in [1.807, 2.05) is 0 Å². The summed E-state index contributed by atoms with van der Waals surface area (Å²) in [5.41, 5.74) is 0.827. The first-order valence-corrected chi connectivity index (χ1v) is 7.18. The van der Waals surface area contributed by atoms with Crippen LogP contribution in [0.4, 0.5) is 0 Å². The molecule has 0 aliphatic rings. The van der Waals surface area contributed by atoms with Gasteiger partial charge in [0.15, 0.2) is 5.82 Å². The SMILES string of the molecule is CCC(SS)c1ncc(-c2ncccn2)cn1. The fourth-order valence-electron chi connectivity index (χ4n) is 1.37. The van der Waals surface area contributed by atoms with Crippen molar-refractivity contribution in [1.29, 1.82) is 0 Å². The first-order valence-electron chi connectivity index (χ1n) is 5.24. The van der Waals surface area contributed by atoms with Gasteiger partial charge in [0.25, 0.3) is 0 Å². The van der Waals surface area contributed by atoms with Crippen molar-refractivity contribution in [2.45, 2.75) is 18.6 Å². The van der Waals surface area contributed by atoms with Crippen molar-refractivity contribution >= 4 is 22.5 Å². The largest absolute Gasteiger partial charge is 0.239 e. The van der Waals surface area contributed by atoms with Crippen LogP contribution in [0, 0.1) is 0 Å². The van der Waals surface area contributed by atoms with Crippen LogP contribution in [0.3, 0.4) is 0 Å². The van der Waals surface area contributed by atoms with Crippen molar-refractivity contribution in [3.05, 3.63) is 36.7 Å². The molecule has 0 bridgehead atoms. The van der Waals surface area contributed by atoms with Crippen LogP contribution >= 0.6 is 22.5 Å². The predicted molar refractivity (Wildman–Crippen MR) is 72.7 cm³/mol. The highest BCUT2D eigenvalue weighted by atomic mass is 33.1. The Bertz CT molecular complexity index is 457. The minimum Gasteiger partial charge on any atom is -0.239 e. The average molecular weight is 264 g/mol. The molecule has 0 N–H and O–H groups in total. The molecule has 4 nitrogen and oxygen atoms in total. The molecule has 88 valence electrons. The number of aromatic nitrogens is 4. The van der Waals surface area contributed by atoms with Gasteiger partial charge in [-0.15, -0.1) is 11.7 Å². The summed E-state index contributed by atoms with van der Waals surface area (Å²) < 4.78 is 0. The van der Waals surface area contributed by atoms with E-state index in [2.05, 4.69) is 38.5 Å². The van der Waals surface area contributed by atoms with Crippen LogP contribution in [0.1, 0.15) is 24.4 Å². The van der Waals surface area contributed by atoms with Gasteiger partial charge < -0.3 is 0 Å². The summed E-state index contributed by atoms with van der Waals surface area (Å²) in [6.45, 7) is 2.09. The van der Waals surface area contributed by atoms with Gasteiger partial charge in [0, 0.05) is 24.8 Å². The molecule has 17 heavy (non-hydrogen) atoms. The second kappa shape index (κ2) is 5.97. The summed E-state index contributed by atoms with van der Waals surface area (Å²) in [5, 5.41) is 0.226. The molecule has 2 heterocycles. The lowest BCUT2D eigenvalue weighted by Crippen LogP contribution is -1.99. The maximum absolute atomic E-state index is 4.34. The van der Waals surface area contributed by atoms with E-state index in [0.717, 1.165) is 17.8 Å². The van der Waals surface area contributed by atoms with Crippen molar-refractivity contribution in [3.8, 4) is 11.4 Å². The lowest BCUT2D eigenvalue weighted by molar-refractivity contribution is 0.817. The molecule has 0 radical (unpaired) electrons. The zero-order valence-electron chi connectivity index (χ0n) is 9.32. The number of hydrogen-bond acceptors (Lipinski definition) is 6. The Morgan fingerprint density at radius 2 is 1.82 bits per heavy atom. The summed E-state index contributed by atoms with van der Waals surface area (Å²) in [4.78, 5) is 17.0.